The van der Waals surface area contributed by atoms with Crippen LogP contribution >= 0.6 is 11.6 Å². The van der Waals surface area contributed by atoms with E-state index in [0.717, 1.165) is 30.2 Å². The van der Waals surface area contributed by atoms with Crippen LogP contribution < -0.4 is 5.32 Å². The van der Waals surface area contributed by atoms with Gasteiger partial charge < -0.3 is 10.1 Å². The first-order valence-electron chi connectivity index (χ1n) is 5.75. The lowest BCUT2D eigenvalue weighted by molar-refractivity contribution is -0.0101. The van der Waals surface area contributed by atoms with Crippen molar-refractivity contribution in [2.45, 2.75) is 31.9 Å². The predicted molar refractivity (Wildman–Crippen MR) is 65.0 cm³/mol. The number of fused-ring (bicyclic) bond motifs is 2. The van der Waals surface area contributed by atoms with E-state index in [1.54, 1.807) is 0 Å². The molecule has 1 N–H and O–H groups in total. The molecule has 0 aromatic heterocycles. The number of rotatable bonds is 1. The number of morpholine rings is 1. The van der Waals surface area contributed by atoms with Gasteiger partial charge in [-0.2, -0.15) is 0 Å². The van der Waals surface area contributed by atoms with Crippen molar-refractivity contribution in [1.82, 2.24) is 5.32 Å². The maximum absolute atomic E-state index is 6.14. The highest BCUT2D eigenvalue weighted by Gasteiger charge is 2.48. The van der Waals surface area contributed by atoms with Crippen LogP contribution in [0, 0.1) is 13.8 Å². The molecule has 0 radical (unpaired) electrons. The predicted octanol–water partition coefficient (Wildman–Crippen LogP) is 2.54. The Bertz CT molecular complexity index is 436. The largest absolute Gasteiger partial charge is 0.367 e. The number of hydrogen-bond donors (Lipinski definition) is 1. The Morgan fingerprint density at radius 1 is 1.38 bits per heavy atom. The molecule has 2 bridgehead atoms. The Kier molecular flexibility index (Phi) is 2.29. The fourth-order valence-corrected chi connectivity index (χ4v) is 3.11. The van der Waals surface area contributed by atoms with Gasteiger partial charge in [0.2, 0.25) is 0 Å². The average molecular weight is 238 g/mol. The zero-order valence-corrected chi connectivity index (χ0v) is 10.4. The first-order valence-corrected chi connectivity index (χ1v) is 6.13. The Balaban J connectivity index is 2.09. The molecule has 0 saturated carbocycles. The van der Waals surface area contributed by atoms with E-state index in [9.17, 15) is 0 Å². The number of hydrogen-bond acceptors (Lipinski definition) is 2. The van der Waals surface area contributed by atoms with Crippen molar-refractivity contribution in [3.63, 3.8) is 0 Å². The smallest absolute Gasteiger partial charge is 0.107 e. The number of benzene rings is 1. The van der Waals surface area contributed by atoms with Crippen molar-refractivity contribution in [2.24, 2.45) is 0 Å². The molecular formula is C13H16ClNO. The minimum atomic E-state index is -0.0932. The molecule has 86 valence electrons. The van der Waals surface area contributed by atoms with Crippen molar-refractivity contribution in [2.75, 3.05) is 13.2 Å². The van der Waals surface area contributed by atoms with Crippen molar-refractivity contribution < 1.29 is 4.74 Å². The summed E-state index contributed by atoms with van der Waals surface area (Å²) in [4.78, 5) is 0. The van der Waals surface area contributed by atoms with Crippen LogP contribution in [-0.4, -0.2) is 19.2 Å². The molecule has 2 heterocycles. The van der Waals surface area contributed by atoms with Gasteiger partial charge in [-0.1, -0.05) is 17.7 Å². The second-order valence-electron chi connectivity index (χ2n) is 5.00. The Morgan fingerprint density at radius 3 is 2.75 bits per heavy atom. The van der Waals surface area contributed by atoms with Crippen LogP contribution in [0.15, 0.2) is 12.1 Å². The second-order valence-corrected chi connectivity index (χ2v) is 5.41. The molecule has 1 aromatic rings. The monoisotopic (exact) mass is 237 g/mol. The topological polar surface area (TPSA) is 21.3 Å². The van der Waals surface area contributed by atoms with Gasteiger partial charge in [0.05, 0.1) is 6.61 Å². The fraction of sp³-hybridized carbons (Fsp3) is 0.538. The molecule has 2 atom stereocenters. The minimum absolute atomic E-state index is 0.0932. The maximum atomic E-state index is 6.14. The molecule has 2 aliphatic heterocycles. The summed E-state index contributed by atoms with van der Waals surface area (Å²) in [6.45, 7) is 5.93. The van der Waals surface area contributed by atoms with Crippen molar-refractivity contribution >= 4 is 11.6 Å². The van der Waals surface area contributed by atoms with Gasteiger partial charge in [-0.3, -0.25) is 0 Å². The van der Waals surface area contributed by atoms with Gasteiger partial charge in [0, 0.05) is 17.6 Å². The summed E-state index contributed by atoms with van der Waals surface area (Å²) in [5.74, 6) is 0. The number of ether oxygens (including phenoxy) is 1. The molecule has 2 saturated heterocycles. The number of aryl methyl sites for hydroxylation is 2. The molecule has 0 spiro atoms. The van der Waals surface area contributed by atoms with E-state index in [-0.39, 0.29) is 5.60 Å². The number of halogens is 1. The van der Waals surface area contributed by atoms with Gasteiger partial charge in [-0.05, 0) is 43.0 Å². The standard InChI is InChI=1S/C13H16ClNO/c1-8-4-12(14)9(2)3-11(8)13-5-10(6-16-13)15-7-13/h3-4,10,15H,5-7H2,1-2H3. The van der Waals surface area contributed by atoms with Crippen LogP contribution in [0.2, 0.25) is 5.02 Å². The van der Waals surface area contributed by atoms with Crippen LogP contribution in [0.1, 0.15) is 23.1 Å². The van der Waals surface area contributed by atoms with Crippen molar-refractivity contribution in [1.29, 1.82) is 0 Å². The maximum Gasteiger partial charge on any atom is 0.107 e. The summed E-state index contributed by atoms with van der Waals surface area (Å²) in [5, 5.41) is 4.34. The van der Waals surface area contributed by atoms with Crippen LogP contribution in [-0.2, 0) is 10.3 Å². The minimum Gasteiger partial charge on any atom is -0.367 e. The highest BCUT2D eigenvalue weighted by atomic mass is 35.5. The Hall–Kier alpha value is -0.570. The van der Waals surface area contributed by atoms with E-state index >= 15 is 0 Å². The van der Waals surface area contributed by atoms with Crippen LogP contribution in [0.4, 0.5) is 0 Å². The summed E-state index contributed by atoms with van der Waals surface area (Å²) in [6, 6.07) is 4.78. The molecule has 3 heteroatoms. The third-order valence-corrected chi connectivity index (χ3v) is 4.22. The summed E-state index contributed by atoms with van der Waals surface area (Å²) in [5.41, 5.74) is 3.59. The van der Waals surface area contributed by atoms with Gasteiger partial charge in [0.15, 0.2) is 0 Å². The third kappa shape index (κ3) is 1.41. The van der Waals surface area contributed by atoms with Gasteiger partial charge in [-0.25, -0.2) is 0 Å². The molecule has 1 aromatic carbocycles. The number of nitrogens with one attached hydrogen (secondary N) is 1. The molecule has 3 rings (SSSR count). The fourth-order valence-electron chi connectivity index (χ4n) is 2.89. The first kappa shape index (κ1) is 10.6. The lowest BCUT2D eigenvalue weighted by Crippen LogP contribution is -2.37. The normalized spacial score (nSPS) is 32.3. The highest BCUT2D eigenvalue weighted by Crippen LogP contribution is 2.42. The lowest BCUT2D eigenvalue weighted by Gasteiger charge is -2.29. The molecule has 0 amide bonds. The third-order valence-electron chi connectivity index (χ3n) is 3.81. The summed E-state index contributed by atoms with van der Waals surface area (Å²) in [7, 11) is 0. The van der Waals surface area contributed by atoms with E-state index < -0.39 is 0 Å². The average Bonchev–Trinajstić information content (AvgIpc) is 2.84. The molecule has 2 nitrogen and oxygen atoms in total. The molecule has 2 fully saturated rings. The zero-order chi connectivity index (χ0) is 11.3. The molecule has 16 heavy (non-hydrogen) atoms. The molecule has 0 aliphatic carbocycles. The second kappa shape index (κ2) is 3.46. The van der Waals surface area contributed by atoms with Gasteiger partial charge >= 0.3 is 0 Å². The summed E-state index contributed by atoms with van der Waals surface area (Å²) < 4.78 is 6.00. The SMILES string of the molecule is Cc1cc(C23CNC(CO2)C3)c(C)cc1Cl. The first-order chi connectivity index (χ1) is 7.61. The molecule has 2 unspecified atom stereocenters. The van der Waals surface area contributed by atoms with E-state index in [1.807, 2.05) is 0 Å². The molecule has 2 aliphatic rings. The van der Waals surface area contributed by atoms with Crippen LogP contribution in [0.5, 0.6) is 0 Å². The van der Waals surface area contributed by atoms with E-state index in [4.69, 9.17) is 16.3 Å². The highest BCUT2D eigenvalue weighted by molar-refractivity contribution is 6.31. The summed E-state index contributed by atoms with van der Waals surface area (Å²) >= 11 is 6.14. The Labute approximate surface area is 101 Å². The van der Waals surface area contributed by atoms with Crippen LogP contribution in [0.3, 0.4) is 0 Å². The molecular weight excluding hydrogens is 222 g/mol. The van der Waals surface area contributed by atoms with Gasteiger partial charge in [-0.15, -0.1) is 0 Å². The van der Waals surface area contributed by atoms with E-state index in [0.29, 0.717) is 6.04 Å². The quantitative estimate of drug-likeness (QED) is 0.811. The summed E-state index contributed by atoms with van der Waals surface area (Å²) in [6.07, 6.45) is 1.09. The van der Waals surface area contributed by atoms with E-state index in [1.165, 1.54) is 11.1 Å². The van der Waals surface area contributed by atoms with Gasteiger partial charge in [0.1, 0.15) is 5.60 Å². The van der Waals surface area contributed by atoms with Crippen molar-refractivity contribution in [3.8, 4) is 0 Å². The van der Waals surface area contributed by atoms with E-state index in [2.05, 4.69) is 31.3 Å². The van der Waals surface area contributed by atoms with Crippen LogP contribution in [0.25, 0.3) is 0 Å². The Morgan fingerprint density at radius 2 is 2.19 bits per heavy atom. The van der Waals surface area contributed by atoms with Crippen molar-refractivity contribution in [3.05, 3.63) is 33.8 Å². The van der Waals surface area contributed by atoms with Gasteiger partial charge in [0.25, 0.3) is 0 Å². The zero-order valence-electron chi connectivity index (χ0n) is 9.64. The lowest BCUT2D eigenvalue weighted by atomic mass is 9.88.